The quantitative estimate of drug-likeness (QED) is 0.719. The first kappa shape index (κ1) is 9.97. The lowest BCUT2D eigenvalue weighted by atomic mass is 9.93. The summed E-state index contributed by atoms with van der Waals surface area (Å²) in [6.07, 6.45) is 1.40. The Morgan fingerprint density at radius 1 is 1.57 bits per heavy atom. The molecule has 1 N–H and O–H groups in total. The number of nitrogens with zero attached hydrogens (tertiary/aromatic N) is 1. The zero-order chi connectivity index (χ0) is 10.5. The number of nitrogens with one attached hydrogen (secondary N) is 1. The molecule has 1 saturated heterocycles. The molecule has 0 aromatic carbocycles. The minimum absolute atomic E-state index is 0.230. The lowest BCUT2D eigenvalue weighted by Crippen LogP contribution is -2.39. The second kappa shape index (κ2) is 2.96. The fraction of sp³-hybridized carbons (Fsp3) is 0.909. The maximum absolute atomic E-state index is 11.6. The molecule has 1 heterocycles. The SMILES string of the molecule is CC1NCC(=O)N1C1CC1(C)C(C)C. The van der Waals surface area contributed by atoms with Crippen molar-refractivity contribution in [3.8, 4) is 0 Å². The molecule has 3 heteroatoms. The van der Waals surface area contributed by atoms with Crippen LogP contribution < -0.4 is 5.32 Å². The molecule has 0 aromatic rings. The average molecular weight is 196 g/mol. The Bertz CT molecular complexity index is 264. The van der Waals surface area contributed by atoms with Gasteiger partial charge in [-0.1, -0.05) is 20.8 Å². The van der Waals surface area contributed by atoms with Gasteiger partial charge in [0.25, 0.3) is 0 Å². The number of carbonyl (C=O) groups excluding carboxylic acids is 1. The maximum atomic E-state index is 11.6. The van der Waals surface area contributed by atoms with Gasteiger partial charge < -0.3 is 4.90 Å². The van der Waals surface area contributed by atoms with Gasteiger partial charge in [0.1, 0.15) is 0 Å². The first-order valence-electron chi connectivity index (χ1n) is 5.51. The van der Waals surface area contributed by atoms with Gasteiger partial charge in [-0.2, -0.15) is 0 Å². The van der Waals surface area contributed by atoms with Crippen molar-refractivity contribution in [1.82, 2.24) is 10.2 Å². The third-order valence-corrected chi connectivity index (χ3v) is 4.14. The van der Waals surface area contributed by atoms with Crippen LogP contribution in [0, 0.1) is 11.3 Å². The molecule has 0 aromatic heterocycles. The molecule has 0 spiro atoms. The first-order valence-corrected chi connectivity index (χ1v) is 5.51. The summed E-state index contributed by atoms with van der Waals surface area (Å²) in [6, 6.07) is 0.472. The molecule has 2 rings (SSSR count). The molecule has 1 amide bonds. The van der Waals surface area contributed by atoms with Gasteiger partial charge in [-0.25, -0.2) is 0 Å². The predicted octanol–water partition coefficient (Wildman–Crippen LogP) is 1.20. The molecule has 3 unspecified atom stereocenters. The van der Waals surface area contributed by atoms with Crippen LogP contribution in [0.5, 0.6) is 0 Å². The van der Waals surface area contributed by atoms with Crippen molar-refractivity contribution in [3.05, 3.63) is 0 Å². The van der Waals surface area contributed by atoms with Gasteiger partial charge in [0.15, 0.2) is 0 Å². The van der Waals surface area contributed by atoms with Crippen LogP contribution in [0.1, 0.15) is 34.1 Å². The zero-order valence-electron chi connectivity index (χ0n) is 9.50. The third-order valence-electron chi connectivity index (χ3n) is 4.14. The Kier molecular flexibility index (Phi) is 2.11. The number of rotatable bonds is 2. The highest BCUT2D eigenvalue weighted by molar-refractivity contribution is 5.81. The summed E-state index contributed by atoms with van der Waals surface area (Å²) in [6.45, 7) is 9.38. The van der Waals surface area contributed by atoms with E-state index in [1.807, 2.05) is 4.90 Å². The standard InChI is InChI=1S/C11H20N2O/c1-7(2)11(4)5-9(11)13-8(3)12-6-10(13)14/h7-9,12H,5-6H2,1-4H3. The van der Waals surface area contributed by atoms with Gasteiger partial charge in [0, 0.05) is 6.04 Å². The van der Waals surface area contributed by atoms with E-state index in [2.05, 4.69) is 33.0 Å². The monoisotopic (exact) mass is 196 g/mol. The molecule has 0 radical (unpaired) electrons. The van der Waals surface area contributed by atoms with E-state index in [0.717, 1.165) is 0 Å². The summed E-state index contributed by atoms with van der Waals surface area (Å²) < 4.78 is 0. The van der Waals surface area contributed by atoms with Crippen molar-refractivity contribution in [2.24, 2.45) is 11.3 Å². The molecule has 0 bridgehead atoms. The minimum Gasteiger partial charge on any atom is -0.323 e. The van der Waals surface area contributed by atoms with Gasteiger partial charge >= 0.3 is 0 Å². The summed E-state index contributed by atoms with van der Waals surface area (Å²) in [5.74, 6) is 0.931. The van der Waals surface area contributed by atoms with Crippen LogP contribution in [0.25, 0.3) is 0 Å². The fourth-order valence-corrected chi connectivity index (χ4v) is 2.48. The average Bonchev–Trinajstić information content (AvgIpc) is 2.66. The van der Waals surface area contributed by atoms with Crippen molar-refractivity contribution >= 4 is 5.91 Å². The van der Waals surface area contributed by atoms with Crippen LogP contribution in [0.15, 0.2) is 0 Å². The van der Waals surface area contributed by atoms with Gasteiger partial charge in [-0.05, 0) is 24.7 Å². The van der Waals surface area contributed by atoms with Crippen molar-refractivity contribution in [3.63, 3.8) is 0 Å². The Labute approximate surface area is 85.8 Å². The molecule has 1 aliphatic carbocycles. The topological polar surface area (TPSA) is 32.3 Å². The number of hydrogen-bond acceptors (Lipinski definition) is 2. The molecule has 3 nitrogen and oxygen atoms in total. The normalized spacial score (nSPS) is 42.4. The predicted molar refractivity (Wildman–Crippen MR) is 55.7 cm³/mol. The summed E-state index contributed by atoms with van der Waals surface area (Å²) >= 11 is 0. The van der Waals surface area contributed by atoms with Crippen LogP contribution in [-0.2, 0) is 4.79 Å². The lowest BCUT2D eigenvalue weighted by molar-refractivity contribution is -0.128. The molecule has 1 aliphatic heterocycles. The van der Waals surface area contributed by atoms with E-state index in [1.165, 1.54) is 6.42 Å². The van der Waals surface area contributed by atoms with E-state index in [-0.39, 0.29) is 12.1 Å². The van der Waals surface area contributed by atoms with Crippen molar-refractivity contribution in [1.29, 1.82) is 0 Å². The van der Waals surface area contributed by atoms with Crippen LogP contribution in [0.2, 0.25) is 0 Å². The molecular formula is C11H20N2O. The van der Waals surface area contributed by atoms with E-state index < -0.39 is 0 Å². The van der Waals surface area contributed by atoms with Crippen molar-refractivity contribution < 1.29 is 4.79 Å². The number of carbonyl (C=O) groups is 1. The Morgan fingerprint density at radius 3 is 2.57 bits per heavy atom. The Morgan fingerprint density at radius 2 is 2.21 bits per heavy atom. The van der Waals surface area contributed by atoms with Crippen LogP contribution in [-0.4, -0.2) is 29.6 Å². The molecule has 2 aliphatic rings. The van der Waals surface area contributed by atoms with Crippen LogP contribution in [0.4, 0.5) is 0 Å². The lowest BCUT2D eigenvalue weighted by Gasteiger charge is -2.25. The van der Waals surface area contributed by atoms with Gasteiger partial charge in [0.05, 0.1) is 12.7 Å². The summed E-state index contributed by atoms with van der Waals surface area (Å²) in [7, 11) is 0. The van der Waals surface area contributed by atoms with Gasteiger partial charge in [-0.3, -0.25) is 10.1 Å². The van der Waals surface area contributed by atoms with Crippen LogP contribution in [0.3, 0.4) is 0 Å². The van der Waals surface area contributed by atoms with E-state index in [1.54, 1.807) is 0 Å². The Hall–Kier alpha value is -0.570. The van der Waals surface area contributed by atoms with Gasteiger partial charge in [-0.15, -0.1) is 0 Å². The third kappa shape index (κ3) is 1.26. The molecule has 3 atom stereocenters. The number of amides is 1. The largest absolute Gasteiger partial charge is 0.323 e. The van der Waals surface area contributed by atoms with E-state index >= 15 is 0 Å². The maximum Gasteiger partial charge on any atom is 0.238 e. The van der Waals surface area contributed by atoms with E-state index in [4.69, 9.17) is 0 Å². The molecular weight excluding hydrogens is 176 g/mol. The molecule has 2 fully saturated rings. The highest BCUT2D eigenvalue weighted by atomic mass is 16.2. The van der Waals surface area contributed by atoms with E-state index in [0.29, 0.717) is 23.9 Å². The second-order valence-electron chi connectivity index (χ2n) is 5.24. The smallest absolute Gasteiger partial charge is 0.238 e. The van der Waals surface area contributed by atoms with Crippen molar-refractivity contribution in [2.45, 2.75) is 46.3 Å². The second-order valence-corrected chi connectivity index (χ2v) is 5.24. The molecule has 14 heavy (non-hydrogen) atoms. The first-order chi connectivity index (χ1) is 6.47. The summed E-state index contributed by atoms with van der Waals surface area (Å²) in [5.41, 5.74) is 0.357. The van der Waals surface area contributed by atoms with Crippen molar-refractivity contribution in [2.75, 3.05) is 6.54 Å². The number of hydrogen-bond donors (Lipinski definition) is 1. The zero-order valence-corrected chi connectivity index (χ0v) is 9.50. The highest BCUT2D eigenvalue weighted by Gasteiger charge is 2.58. The fourth-order valence-electron chi connectivity index (χ4n) is 2.48. The summed E-state index contributed by atoms with van der Waals surface area (Å²) in [5, 5.41) is 3.19. The summed E-state index contributed by atoms with van der Waals surface area (Å²) in [4.78, 5) is 13.7. The molecule has 1 saturated carbocycles. The van der Waals surface area contributed by atoms with E-state index in [9.17, 15) is 4.79 Å². The van der Waals surface area contributed by atoms with Gasteiger partial charge in [0.2, 0.25) is 5.91 Å². The Balaban J connectivity index is 2.08. The van der Waals surface area contributed by atoms with Crippen LogP contribution >= 0.6 is 0 Å². The minimum atomic E-state index is 0.230. The highest BCUT2D eigenvalue weighted by Crippen LogP contribution is 2.55. The molecule has 80 valence electrons.